The maximum atomic E-state index is 14.3. The van der Waals surface area contributed by atoms with Gasteiger partial charge >= 0.3 is 0 Å². The van der Waals surface area contributed by atoms with Crippen molar-refractivity contribution in [2.45, 2.75) is 63.1 Å². The van der Waals surface area contributed by atoms with E-state index in [2.05, 4.69) is 25.6 Å². The van der Waals surface area contributed by atoms with Gasteiger partial charge in [0.05, 0.1) is 6.04 Å². The maximum absolute atomic E-state index is 14.3. The molecule has 10 heteroatoms. The molecule has 6 nitrogen and oxygen atoms in total. The van der Waals surface area contributed by atoms with Crippen LogP contribution in [0.25, 0.3) is 5.57 Å². The highest BCUT2D eigenvalue weighted by molar-refractivity contribution is 5.65. The van der Waals surface area contributed by atoms with E-state index in [1.54, 1.807) is 6.92 Å². The molecule has 2 aliphatic rings. The molecular formula is C16H21F4N5O. The molecule has 3 N–H and O–H groups in total. The van der Waals surface area contributed by atoms with Crippen LogP contribution in [0.2, 0.25) is 0 Å². The van der Waals surface area contributed by atoms with Gasteiger partial charge in [-0.1, -0.05) is 0 Å². The summed E-state index contributed by atoms with van der Waals surface area (Å²) in [4.78, 5) is 12.3. The Morgan fingerprint density at radius 3 is 2.58 bits per heavy atom. The first kappa shape index (κ1) is 18.8. The summed E-state index contributed by atoms with van der Waals surface area (Å²) in [5.74, 6) is -3.36. The van der Waals surface area contributed by atoms with E-state index in [9.17, 15) is 22.7 Å². The topological polar surface area (TPSA) is 83.0 Å². The van der Waals surface area contributed by atoms with Gasteiger partial charge in [0.1, 0.15) is 18.6 Å². The molecule has 0 amide bonds. The van der Waals surface area contributed by atoms with Crippen molar-refractivity contribution in [1.29, 1.82) is 0 Å². The quantitative estimate of drug-likeness (QED) is 0.663. The fourth-order valence-electron chi connectivity index (χ4n) is 2.98. The second kappa shape index (κ2) is 7.34. The Kier molecular flexibility index (Phi) is 5.31. The molecule has 1 unspecified atom stereocenters. The van der Waals surface area contributed by atoms with E-state index in [1.807, 2.05) is 0 Å². The second-order valence-electron chi connectivity index (χ2n) is 6.85. The molecule has 0 aromatic carbocycles. The fraction of sp³-hybridized carbons (Fsp3) is 0.688. The number of nitrogens with zero attached hydrogens (tertiary/aromatic N) is 3. The predicted molar refractivity (Wildman–Crippen MR) is 88.4 cm³/mol. The molecular weight excluding hydrogens is 354 g/mol. The molecule has 2 atom stereocenters. The fourth-order valence-corrected chi connectivity index (χ4v) is 2.98. The molecule has 3 rings (SSSR count). The standard InChI is InChI=1S/C16H21F4N5O/c1-8(7-17)21-14-23-13(10-3-2-4-11(26)12(10)18)24-15(25-14)22-9-5-16(19,20)6-9/h8-9,11,26H,2-7H2,1H3,(H2,21,22,23,24,25)/t8-,11?/m1/s1. The Hall–Kier alpha value is -1.97. The van der Waals surface area contributed by atoms with Crippen LogP contribution in [0.15, 0.2) is 5.83 Å². The third-order valence-corrected chi connectivity index (χ3v) is 4.42. The number of halogens is 4. The summed E-state index contributed by atoms with van der Waals surface area (Å²) in [6.45, 7) is 0.904. The number of alkyl halides is 3. The summed E-state index contributed by atoms with van der Waals surface area (Å²) in [6, 6.07) is -1.08. The highest BCUT2D eigenvalue weighted by Crippen LogP contribution is 2.39. The van der Waals surface area contributed by atoms with Gasteiger partial charge in [-0.25, -0.2) is 17.6 Å². The van der Waals surface area contributed by atoms with Crippen molar-refractivity contribution in [1.82, 2.24) is 15.0 Å². The molecule has 0 bridgehead atoms. The Morgan fingerprint density at radius 2 is 1.92 bits per heavy atom. The smallest absolute Gasteiger partial charge is 0.252 e. The van der Waals surface area contributed by atoms with Crippen molar-refractivity contribution in [2.24, 2.45) is 0 Å². The van der Waals surface area contributed by atoms with Crippen molar-refractivity contribution in [3.05, 3.63) is 11.7 Å². The van der Waals surface area contributed by atoms with E-state index in [1.165, 1.54) is 0 Å². The third kappa shape index (κ3) is 4.22. The molecule has 1 saturated carbocycles. The van der Waals surface area contributed by atoms with Crippen LogP contribution >= 0.6 is 0 Å². The van der Waals surface area contributed by atoms with Gasteiger partial charge in [-0.3, -0.25) is 0 Å². The zero-order valence-electron chi connectivity index (χ0n) is 14.3. The lowest BCUT2D eigenvalue weighted by molar-refractivity contribution is -0.0794. The minimum absolute atomic E-state index is 0.0124. The highest BCUT2D eigenvalue weighted by Gasteiger charge is 2.45. The summed E-state index contributed by atoms with van der Waals surface area (Å²) in [5, 5.41) is 15.2. The number of anilines is 2. The highest BCUT2D eigenvalue weighted by atomic mass is 19.3. The van der Waals surface area contributed by atoms with Crippen LogP contribution in [0.5, 0.6) is 0 Å². The van der Waals surface area contributed by atoms with Crippen molar-refractivity contribution in [3.63, 3.8) is 0 Å². The molecule has 1 fully saturated rings. The van der Waals surface area contributed by atoms with Gasteiger partial charge in [0.15, 0.2) is 5.82 Å². The Morgan fingerprint density at radius 1 is 1.23 bits per heavy atom. The maximum Gasteiger partial charge on any atom is 0.252 e. The number of allylic oxidation sites excluding steroid dienone is 1. The van der Waals surface area contributed by atoms with Gasteiger partial charge in [0, 0.05) is 24.5 Å². The van der Waals surface area contributed by atoms with Crippen LogP contribution in [0.4, 0.5) is 29.5 Å². The summed E-state index contributed by atoms with van der Waals surface area (Å²) in [7, 11) is 0. The van der Waals surface area contributed by atoms with Crippen LogP contribution in [0.1, 0.15) is 44.9 Å². The zero-order valence-corrected chi connectivity index (χ0v) is 14.3. The number of rotatable bonds is 6. The van der Waals surface area contributed by atoms with Gasteiger partial charge in [0.25, 0.3) is 5.92 Å². The molecule has 1 aromatic heterocycles. The van der Waals surface area contributed by atoms with Crippen molar-refractivity contribution >= 4 is 17.5 Å². The van der Waals surface area contributed by atoms with Gasteiger partial charge in [-0.05, 0) is 26.2 Å². The summed E-state index contributed by atoms with van der Waals surface area (Å²) < 4.78 is 53.1. The molecule has 1 aromatic rings. The average Bonchev–Trinajstić information content (AvgIpc) is 2.55. The number of aromatic nitrogens is 3. The molecule has 0 saturated heterocycles. The second-order valence-corrected chi connectivity index (χ2v) is 6.85. The van der Waals surface area contributed by atoms with E-state index in [4.69, 9.17) is 0 Å². The molecule has 0 radical (unpaired) electrons. The molecule has 0 aliphatic heterocycles. The van der Waals surface area contributed by atoms with Gasteiger partial charge in [0.2, 0.25) is 11.9 Å². The van der Waals surface area contributed by atoms with Crippen LogP contribution < -0.4 is 10.6 Å². The van der Waals surface area contributed by atoms with E-state index >= 15 is 0 Å². The van der Waals surface area contributed by atoms with E-state index < -0.39 is 36.6 Å². The van der Waals surface area contributed by atoms with Gasteiger partial charge in [-0.2, -0.15) is 15.0 Å². The lowest BCUT2D eigenvalue weighted by atomic mass is 9.88. The average molecular weight is 375 g/mol. The minimum atomic E-state index is -2.71. The lowest BCUT2D eigenvalue weighted by Gasteiger charge is -2.35. The molecule has 0 spiro atoms. The number of nitrogens with one attached hydrogen (secondary N) is 2. The Bertz CT molecular complexity index is 691. The Balaban J connectivity index is 1.89. The van der Waals surface area contributed by atoms with Gasteiger partial charge in [-0.15, -0.1) is 0 Å². The predicted octanol–water partition coefficient (Wildman–Crippen LogP) is 3.08. The number of hydrogen-bond acceptors (Lipinski definition) is 6. The summed E-state index contributed by atoms with van der Waals surface area (Å²) in [6.07, 6.45) is -0.672. The summed E-state index contributed by atoms with van der Waals surface area (Å²) >= 11 is 0. The first-order valence-electron chi connectivity index (χ1n) is 8.57. The van der Waals surface area contributed by atoms with Crippen molar-refractivity contribution in [2.75, 3.05) is 17.3 Å². The van der Waals surface area contributed by atoms with Crippen LogP contribution in [-0.2, 0) is 0 Å². The first-order valence-corrected chi connectivity index (χ1v) is 8.57. The number of hydrogen-bond donors (Lipinski definition) is 3. The van der Waals surface area contributed by atoms with Crippen LogP contribution in [-0.4, -0.2) is 50.8 Å². The number of aliphatic hydroxyl groups excluding tert-OH is 1. The SMILES string of the molecule is C[C@H](CF)Nc1nc(NC2CC(F)(F)C2)nc(C2=C(F)C(O)CCC2)n1. The van der Waals surface area contributed by atoms with Crippen molar-refractivity contribution in [3.8, 4) is 0 Å². The van der Waals surface area contributed by atoms with Gasteiger partial charge < -0.3 is 15.7 Å². The lowest BCUT2D eigenvalue weighted by Crippen LogP contribution is -2.44. The largest absolute Gasteiger partial charge is 0.386 e. The number of aliphatic hydroxyl groups is 1. The van der Waals surface area contributed by atoms with E-state index in [0.717, 1.165) is 0 Å². The first-order chi connectivity index (χ1) is 12.3. The van der Waals surface area contributed by atoms with E-state index in [0.29, 0.717) is 19.3 Å². The molecule has 2 aliphatic carbocycles. The monoisotopic (exact) mass is 375 g/mol. The van der Waals surface area contributed by atoms with Crippen molar-refractivity contribution < 1.29 is 22.7 Å². The summed E-state index contributed by atoms with van der Waals surface area (Å²) in [5.41, 5.74) is 0.157. The third-order valence-electron chi connectivity index (χ3n) is 4.42. The van der Waals surface area contributed by atoms with E-state index in [-0.39, 0.29) is 36.1 Å². The normalized spacial score (nSPS) is 24.2. The molecule has 26 heavy (non-hydrogen) atoms. The zero-order chi connectivity index (χ0) is 18.9. The van der Waals surface area contributed by atoms with Crippen LogP contribution in [0, 0.1) is 0 Å². The Labute approximate surface area is 148 Å². The molecule has 144 valence electrons. The minimum Gasteiger partial charge on any atom is -0.386 e. The molecule has 1 heterocycles. The van der Waals surface area contributed by atoms with Crippen LogP contribution in [0.3, 0.4) is 0 Å².